The molecule has 1 saturated heterocycles. The summed E-state index contributed by atoms with van der Waals surface area (Å²) in [5.41, 5.74) is 1.04. The molecule has 0 spiro atoms. The molecule has 0 bridgehead atoms. The summed E-state index contributed by atoms with van der Waals surface area (Å²) in [6.07, 6.45) is 0. The average Bonchev–Trinajstić information content (AvgIpc) is 2.71. The number of thioether (sulfide) groups is 1. The van der Waals surface area contributed by atoms with E-state index < -0.39 is 0 Å². The van der Waals surface area contributed by atoms with Crippen LogP contribution in [0.2, 0.25) is 0 Å². The first-order chi connectivity index (χ1) is 9.47. The second-order valence-electron chi connectivity index (χ2n) is 4.22. The molecule has 0 aliphatic carbocycles. The van der Waals surface area contributed by atoms with Crippen molar-refractivity contribution < 1.29 is 14.4 Å². The van der Waals surface area contributed by atoms with Crippen molar-refractivity contribution in [3.05, 3.63) is 29.8 Å². The van der Waals surface area contributed by atoms with Gasteiger partial charge in [0.1, 0.15) is 10.9 Å². The highest BCUT2D eigenvalue weighted by Gasteiger charge is 2.28. The van der Waals surface area contributed by atoms with Gasteiger partial charge in [-0.2, -0.15) is 0 Å². The maximum atomic E-state index is 11.9. The fourth-order valence-electron chi connectivity index (χ4n) is 1.69. The van der Waals surface area contributed by atoms with Crippen molar-refractivity contribution in [2.45, 2.75) is 6.92 Å². The maximum absolute atomic E-state index is 11.9. The number of Topliss-reactive ketones (excluding diaryl/α,β-unsaturated/α-hetero) is 1. The van der Waals surface area contributed by atoms with Crippen molar-refractivity contribution in [3.63, 3.8) is 0 Å². The van der Waals surface area contributed by atoms with Crippen LogP contribution in [0.1, 0.15) is 17.3 Å². The average molecular weight is 308 g/mol. The summed E-state index contributed by atoms with van der Waals surface area (Å²) in [6.45, 7) is 1.36. The molecule has 1 heterocycles. The molecule has 0 saturated carbocycles. The number of nitrogens with one attached hydrogen (secondary N) is 1. The zero-order valence-corrected chi connectivity index (χ0v) is 12.3. The summed E-state index contributed by atoms with van der Waals surface area (Å²) in [5.74, 6) is -0.295. The SMILES string of the molecule is CC(=O)c1cccc(NC(=O)CN2C(=O)CSC2=S)c1. The molecule has 1 aromatic carbocycles. The van der Waals surface area contributed by atoms with Crippen LogP contribution in [0.15, 0.2) is 24.3 Å². The largest absolute Gasteiger partial charge is 0.325 e. The summed E-state index contributed by atoms with van der Waals surface area (Å²) in [6, 6.07) is 6.64. The Morgan fingerprint density at radius 3 is 2.80 bits per heavy atom. The third-order valence-electron chi connectivity index (χ3n) is 2.70. The Morgan fingerprint density at radius 2 is 2.20 bits per heavy atom. The summed E-state index contributed by atoms with van der Waals surface area (Å²) in [4.78, 5) is 35.9. The number of carbonyl (C=O) groups excluding carboxylic acids is 3. The van der Waals surface area contributed by atoms with Crippen LogP contribution >= 0.6 is 24.0 Å². The van der Waals surface area contributed by atoms with Crippen molar-refractivity contribution in [1.29, 1.82) is 0 Å². The number of nitrogens with zero attached hydrogens (tertiary/aromatic N) is 1. The third kappa shape index (κ3) is 3.43. The molecule has 20 heavy (non-hydrogen) atoms. The highest BCUT2D eigenvalue weighted by atomic mass is 32.2. The van der Waals surface area contributed by atoms with Crippen LogP contribution in [0, 0.1) is 0 Å². The van der Waals surface area contributed by atoms with E-state index in [0.29, 0.717) is 15.6 Å². The van der Waals surface area contributed by atoms with Crippen LogP contribution in [-0.4, -0.2) is 39.1 Å². The molecular weight excluding hydrogens is 296 g/mol. The predicted molar refractivity (Wildman–Crippen MR) is 81.8 cm³/mol. The maximum Gasteiger partial charge on any atom is 0.244 e. The fourth-order valence-corrected chi connectivity index (χ4v) is 2.76. The van der Waals surface area contributed by atoms with Gasteiger partial charge in [0, 0.05) is 11.3 Å². The fraction of sp³-hybridized carbons (Fsp3) is 0.231. The second kappa shape index (κ2) is 6.15. The number of benzene rings is 1. The number of rotatable bonds is 4. The summed E-state index contributed by atoms with van der Waals surface area (Å²) < 4.78 is 0.419. The lowest BCUT2D eigenvalue weighted by Crippen LogP contribution is -2.36. The molecule has 1 aromatic rings. The van der Waals surface area contributed by atoms with E-state index in [1.807, 2.05) is 0 Å². The Morgan fingerprint density at radius 1 is 1.45 bits per heavy atom. The lowest BCUT2D eigenvalue weighted by molar-refractivity contribution is -0.127. The molecule has 5 nitrogen and oxygen atoms in total. The Labute approximate surface area is 125 Å². The molecule has 0 unspecified atom stereocenters. The van der Waals surface area contributed by atoms with E-state index in [-0.39, 0.29) is 29.9 Å². The van der Waals surface area contributed by atoms with E-state index in [9.17, 15) is 14.4 Å². The second-order valence-corrected chi connectivity index (χ2v) is 5.83. The molecule has 7 heteroatoms. The van der Waals surface area contributed by atoms with Gasteiger partial charge in [0.15, 0.2) is 5.78 Å². The van der Waals surface area contributed by atoms with Gasteiger partial charge in [-0.1, -0.05) is 36.1 Å². The molecule has 1 aliphatic rings. The van der Waals surface area contributed by atoms with Gasteiger partial charge in [-0.25, -0.2) is 0 Å². The first-order valence-electron chi connectivity index (χ1n) is 5.85. The normalized spacial score (nSPS) is 14.6. The van der Waals surface area contributed by atoms with E-state index in [1.54, 1.807) is 24.3 Å². The topological polar surface area (TPSA) is 66.5 Å². The van der Waals surface area contributed by atoms with Gasteiger partial charge in [-0.15, -0.1) is 0 Å². The monoisotopic (exact) mass is 308 g/mol. The summed E-state index contributed by atoms with van der Waals surface area (Å²) in [7, 11) is 0. The molecule has 1 aliphatic heterocycles. The van der Waals surface area contributed by atoms with Crippen LogP contribution in [0.5, 0.6) is 0 Å². The quantitative estimate of drug-likeness (QED) is 0.677. The third-order valence-corrected chi connectivity index (χ3v) is 4.13. The van der Waals surface area contributed by atoms with E-state index in [2.05, 4.69) is 5.32 Å². The molecular formula is C13H12N2O3S2. The van der Waals surface area contributed by atoms with Gasteiger partial charge >= 0.3 is 0 Å². The standard InChI is InChI=1S/C13H12N2O3S2/c1-8(16)9-3-2-4-10(5-9)14-11(17)6-15-12(18)7-20-13(15)19/h2-5H,6-7H2,1H3,(H,14,17). The van der Waals surface area contributed by atoms with Crippen molar-refractivity contribution in [1.82, 2.24) is 4.90 Å². The zero-order chi connectivity index (χ0) is 14.7. The number of thiocarbonyl (C=S) groups is 1. The summed E-state index contributed by atoms with van der Waals surface area (Å²) >= 11 is 6.25. The van der Waals surface area contributed by atoms with Gasteiger partial charge in [-0.3, -0.25) is 19.3 Å². The van der Waals surface area contributed by atoms with Crippen molar-refractivity contribution in [3.8, 4) is 0 Å². The number of carbonyl (C=O) groups is 3. The van der Waals surface area contributed by atoms with E-state index >= 15 is 0 Å². The predicted octanol–water partition coefficient (Wildman–Crippen LogP) is 1.69. The minimum Gasteiger partial charge on any atom is -0.325 e. The molecule has 1 fully saturated rings. The first kappa shape index (κ1) is 14.7. The molecule has 2 rings (SSSR count). The highest BCUT2D eigenvalue weighted by Crippen LogP contribution is 2.19. The number of amides is 2. The lowest BCUT2D eigenvalue weighted by Gasteiger charge is -2.14. The van der Waals surface area contributed by atoms with Crippen molar-refractivity contribution in [2.24, 2.45) is 0 Å². The van der Waals surface area contributed by atoms with Crippen LogP contribution in [0.25, 0.3) is 0 Å². The smallest absolute Gasteiger partial charge is 0.244 e. The number of anilines is 1. The highest BCUT2D eigenvalue weighted by molar-refractivity contribution is 8.23. The van der Waals surface area contributed by atoms with Crippen LogP contribution < -0.4 is 5.32 Å². The molecule has 0 atom stereocenters. The molecule has 2 amide bonds. The molecule has 0 radical (unpaired) electrons. The van der Waals surface area contributed by atoms with Gasteiger partial charge < -0.3 is 5.32 Å². The lowest BCUT2D eigenvalue weighted by atomic mass is 10.1. The number of hydrogen-bond acceptors (Lipinski definition) is 5. The van der Waals surface area contributed by atoms with Gasteiger partial charge in [0.25, 0.3) is 0 Å². The molecule has 104 valence electrons. The Bertz CT molecular complexity index is 585. The van der Waals surface area contributed by atoms with Gasteiger partial charge in [0.2, 0.25) is 11.8 Å². The van der Waals surface area contributed by atoms with E-state index in [0.717, 1.165) is 0 Å². The van der Waals surface area contributed by atoms with Gasteiger partial charge in [0.05, 0.1) is 5.75 Å². The van der Waals surface area contributed by atoms with Crippen LogP contribution in [0.4, 0.5) is 5.69 Å². The Kier molecular flexibility index (Phi) is 4.51. The number of ketones is 1. The van der Waals surface area contributed by atoms with Crippen LogP contribution in [0.3, 0.4) is 0 Å². The molecule has 0 aromatic heterocycles. The van der Waals surface area contributed by atoms with Crippen LogP contribution in [-0.2, 0) is 9.59 Å². The first-order valence-corrected chi connectivity index (χ1v) is 7.25. The van der Waals surface area contributed by atoms with E-state index in [1.165, 1.54) is 23.6 Å². The number of hydrogen-bond donors (Lipinski definition) is 1. The Hall–Kier alpha value is -1.73. The Balaban J connectivity index is 2.01. The molecule has 1 N–H and O–H groups in total. The minimum atomic E-state index is -0.344. The van der Waals surface area contributed by atoms with Gasteiger partial charge in [-0.05, 0) is 19.1 Å². The van der Waals surface area contributed by atoms with E-state index in [4.69, 9.17) is 12.2 Å². The zero-order valence-electron chi connectivity index (χ0n) is 10.7. The summed E-state index contributed by atoms with van der Waals surface area (Å²) in [5, 5.41) is 2.65. The minimum absolute atomic E-state index is 0.0756. The van der Waals surface area contributed by atoms with Crippen molar-refractivity contribution >= 4 is 51.6 Å². The van der Waals surface area contributed by atoms with Crippen molar-refractivity contribution in [2.75, 3.05) is 17.6 Å².